The van der Waals surface area contributed by atoms with Crippen molar-refractivity contribution < 1.29 is 9.59 Å². The number of nitrogens with two attached hydrogens (primary N) is 1. The summed E-state index contributed by atoms with van der Waals surface area (Å²) < 4.78 is 0. The number of anilines is 1. The van der Waals surface area contributed by atoms with Gasteiger partial charge in [-0.05, 0) is 29.8 Å². The highest BCUT2D eigenvalue weighted by atomic mass is 16.2. The Morgan fingerprint density at radius 3 is 2.71 bits per heavy atom. The minimum atomic E-state index is -0.524. The van der Waals surface area contributed by atoms with Gasteiger partial charge in [0.25, 0.3) is 0 Å². The van der Waals surface area contributed by atoms with Gasteiger partial charge in [0.2, 0.25) is 5.91 Å². The number of carbonyl (C=O) groups excluding carboxylic acids is 2. The second-order valence-corrected chi connectivity index (χ2v) is 6.68. The number of amides is 3. The van der Waals surface area contributed by atoms with Crippen LogP contribution in [0.15, 0.2) is 48.8 Å². The van der Waals surface area contributed by atoms with Crippen molar-refractivity contribution in [1.29, 1.82) is 0 Å². The van der Waals surface area contributed by atoms with Crippen LogP contribution in [0.2, 0.25) is 0 Å². The number of carbonyl (C=O) groups is 2. The van der Waals surface area contributed by atoms with Crippen LogP contribution in [0, 0.1) is 5.41 Å². The number of aromatic nitrogens is 1. The number of hydrogen-bond donors (Lipinski definition) is 2. The summed E-state index contributed by atoms with van der Waals surface area (Å²) >= 11 is 0. The summed E-state index contributed by atoms with van der Waals surface area (Å²) in [6.07, 6.45) is 3.51. The highest BCUT2D eigenvalue weighted by Gasteiger charge is 2.49. The molecule has 1 aromatic heterocycles. The second-order valence-electron chi connectivity index (χ2n) is 6.68. The number of nitrogens with one attached hydrogen (secondary N) is 1. The van der Waals surface area contributed by atoms with Gasteiger partial charge in [0.05, 0.1) is 6.04 Å². The van der Waals surface area contributed by atoms with Crippen molar-refractivity contribution in [3.05, 3.63) is 59.9 Å². The van der Waals surface area contributed by atoms with Crippen LogP contribution in [0.3, 0.4) is 0 Å². The summed E-state index contributed by atoms with van der Waals surface area (Å²) in [4.78, 5) is 29.8. The maximum absolute atomic E-state index is 12.6. The third-order valence-corrected chi connectivity index (χ3v) is 4.29. The summed E-state index contributed by atoms with van der Waals surface area (Å²) in [5, 5.41) is 2.84. The van der Waals surface area contributed by atoms with Crippen LogP contribution in [0.4, 0.5) is 10.5 Å². The molecular formula is C18H20N4O2. The highest BCUT2D eigenvalue weighted by molar-refractivity contribution is 5.96. The number of urea groups is 1. The predicted octanol–water partition coefficient (Wildman–Crippen LogP) is 2.80. The average molecular weight is 324 g/mol. The van der Waals surface area contributed by atoms with Gasteiger partial charge >= 0.3 is 6.03 Å². The van der Waals surface area contributed by atoms with E-state index in [0.29, 0.717) is 17.8 Å². The molecule has 0 radical (unpaired) electrons. The van der Waals surface area contributed by atoms with Crippen molar-refractivity contribution in [2.75, 3.05) is 11.9 Å². The number of nitrogens with zero attached hydrogens (tertiary/aromatic N) is 2. The Morgan fingerprint density at radius 2 is 2.08 bits per heavy atom. The van der Waals surface area contributed by atoms with E-state index >= 15 is 0 Å². The molecule has 1 aliphatic rings. The number of benzene rings is 1. The molecule has 124 valence electrons. The van der Waals surface area contributed by atoms with Gasteiger partial charge in [-0.25, -0.2) is 4.79 Å². The fourth-order valence-electron chi connectivity index (χ4n) is 3.23. The summed E-state index contributed by atoms with van der Waals surface area (Å²) in [5.74, 6) is -0.524. The fraction of sp³-hybridized carbons (Fsp3) is 0.278. The van der Waals surface area contributed by atoms with Gasteiger partial charge in [-0.1, -0.05) is 26.0 Å². The van der Waals surface area contributed by atoms with E-state index in [1.54, 1.807) is 41.6 Å². The van der Waals surface area contributed by atoms with Crippen LogP contribution in [0.1, 0.15) is 35.8 Å². The third-order valence-electron chi connectivity index (χ3n) is 4.29. The molecule has 0 saturated carbocycles. The molecule has 3 rings (SSSR count). The van der Waals surface area contributed by atoms with Crippen LogP contribution in [0.25, 0.3) is 0 Å². The van der Waals surface area contributed by atoms with Crippen LogP contribution < -0.4 is 11.1 Å². The molecule has 0 spiro atoms. The molecule has 1 aromatic carbocycles. The van der Waals surface area contributed by atoms with Gasteiger partial charge in [-0.15, -0.1) is 0 Å². The van der Waals surface area contributed by atoms with Crippen LogP contribution in [-0.4, -0.2) is 28.4 Å². The van der Waals surface area contributed by atoms with Crippen LogP contribution in [-0.2, 0) is 0 Å². The van der Waals surface area contributed by atoms with E-state index in [-0.39, 0.29) is 17.5 Å². The van der Waals surface area contributed by atoms with Crippen molar-refractivity contribution >= 4 is 17.6 Å². The van der Waals surface area contributed by atoms with E-state index in [1.807, 2.05) is 12.1 Å². The molecule has 3 N–H and O–H groups in total. The summed E-state index contributed by atoms with van der Waals surface area (Å²) in [7, 11) is 0. The Morgan fingerprint density at radius 1 is 1.29 bits per heavy atom. The average Bonchev–Trinajstić information content (AvgIpc) is 2.54. The molecule has 6 nitrogen and oxygen atoms in total. The van der Waals surface area contributed by atoms with E-state index in [2.05, 4.69) is 24.1 Å². The molecule has 6 heteroatoms. The Kier molecular flexibility index (Phi) is 3.97. The minimum absolute atomic E-state index is 0.0184. The molecule has 24 heavy (non-hydrogen) atoms. The smallest absolute Gasteiger partial charge is 0.322 e. The number of pyridine rings is 1. The van der Waals surface area contributed by atoms with Gasteiger partial charge in [0.1, 0.15) is 0 Å². The first-order chi connectivity index (χ1) is 11.4. The van der Waals surface area contributed by atoms with Crippen LogP contribution in [0.5, 0.6) is 0 Å². The lowest BCUT2D eigenvalue weighted by molar-refractivity contribution is -0.0117. The molecule has 0 bridgehead atoms. The normalized spacial score (nSPS) is 18.6. The zero-order valence-electron chi connectivity index (χ0n) is 13.7. The van der Waals surface area contributed by atoms with Crippen LogP contribution >= 0.6 is 0 Å². The van der Waals surface area contributed by atoms with E-state index in [1.165, 1.54) is 0 Å². The Bertz CT molecular complexity index is 774. The maximum atomic E-state index is 12.6. The Hall–Kier alpha value is -2.89. The maximum Gasteiger partial charge on any atom is 0.322 e. The SMILES string of the molecule is CC1(C)CN(C(=O)Nc2cccc(C(N)=O)c2)C1c1cccnc1. The van der Waals surface area contributed by atoms with Gasteiger partial charge in [-0.3, -0.25) is 9.78 Å². The molecule has 3 amide bonds. The Balaban J connectivity index is 1.78. The van der Waals surface area contributed by atoms with Gasteiger partial charge < -0.3 is 16.0 Å². The highest BCUT2D eigenvalue weighted by Crippen LogP contribution is 2.48. The number of primary amides is 1. The quantitative estimate of drug-likeness (QED) is 0.910. The molecule has 2 aromatic rings. The van der Waals surface area contributed by atoms with Crippen molar-refractivity contribution in [3.8, 4) is 0 Å². The predicted molar refractivity (Wildman–Crippen MR) is 91.4 cm³/mol. The lowest BCUT2D eigenvalue weighted by Gasteiger charge is -2.54. The Labute approximate surface area is 140 Å². The lowest BCUT2D eigenvalue weighted by atomic mass is 9.72. The molecule has 1 saturated heterocycles. The van der Waals surface area contributed by atoms with Crippen molar-refractivity contribution in [3.63, 3.8) is 0 Å². The van der Waals surface area contributed by atoms with E-state index < -0.39 is 5.91 Å². The monoisotopic (exact) mass is 324 g/mol. The first-order valence-corrected chi connectivity index (χ1v) is 7.76. The molecule has 1 atom stereocenters. The van der Waals surface area contributed by atoms with Gasteiger partial charge in [0, 0.05) is 35.6 Å². The zero-order chi connectivity index (χ0) is 17.3. The molecule has 2 heterocycles. The third kappa shape index (κ3) is 2.95. The number of rotatable bonds is 3. The molecular weight excluding hydrogens is 304 g/mol. The molecule has 1 aliphatic heterocycles. The standard InChI is InChI=1S/C18H20N4O2/c1-18(2)11-22(15(18)13-6-4-8-20-10-13)17(24)21-14-7-3-5-12(9-14)16(19)23/h3-10,15H,11H2,1-2H3,(H2,19,23)(H,21,24). The number of hydrogen-bond acceptors (Lipinski definition) is 3. The topological polar surface area (TPSA) is 88.3 Å². The zero-order valence-corrected chi connectivity index (χ0v) is 13.7. The van der Waals surface area contributed by atoms with Crippen molar-refractivity contribution in [2.45, 2.75) is 19.9 Å². The van der Waals surface area contributed by atoms with Gasteiger partial charge in [-0.2, -0.15) is 0 Å². The lowest BCUT2D eigenvalue weighted by Crippen LogP contribution is -2.59. The van der Waals surface area contributed by atoms with Gasteiger partial charge in [0.15, 0.2) is 0 Å². The van der Waals surface area contributed by atoms with Crippen molar-refractivity contribution in [1.82, 2.24) is 9.88 Å². The molecule has 1 fully saturated rings. The first kappa shape index (κ1) is 16.0. The fourth-order valence-corrected chi connectivity index (χ4v) is 3.23. The minimum Gasteiger partial charge on any atom is -0.366 e. The number of likely N-dealkylation sites (tertiary alicyclic amines) is 1. The summed E-state index contributed by atoms with van der Waals surface area (Å²) in [5.41, 5.74) is 7.17. The molecule has 1 unspecified atom stereocenters. The first-order valence-electron chi connectivity index (χ1n) is 7.76. The second kappa shape index (κ2) is 5.96. The molecule has 0 aliphatic carbocycles. The van der Waals surface area contributed by atoms with E-state index in [9.17, 15) is 9.59 Å². The van der Waals surface area contributed by atoms with Crippen molar-refractivity contribution in [2.24, 2.45) is 11.1 Å². The van der Waals surface area contributed by atoms with E-state index in [4.69, 9.17) is 5.73 Å². The summed E-state index contributed by atoms with van der Waals surface area (Å²) in [6.45, 7) is 4.90. The summed E-state index contributed by atoms with van der Waals surface area (Å²) in [6, 6.07) is 10.2. The largest absolute Gasteiger partial charge is 0.366 e. The van der Waals surface area contributed by atoms with E-state index in [0.717, 1.165) is 5.56 Å².